The monoisotopic (exact) mass is 446 g/mol. The molecule has 2 aromatic rings. The second kappa shape index (κ2) is 9.54. The Bertz CT molecular complexity index is 1060. The minimum absolute atomic E-state index is 0.0388. The third-order valence-electron chi connectivity index (χ3n) is 5.46. The minimum Gasteiger partial charge on any atom is -0.319 e. The van der Waals surface area contributed by atoms with E-state index in [1.165, 1.54) is 10.4 Å². The van der Waals surface area contributed by atoms with Crippen molar-refractivity contribution in [1.29, 1.82) is 0 Å². The van der Waals surface area contributed by atoms with Gasteiger partial charge in [0.25, 0.3) is 5.69 Å². The lowest BCUT2D eigenvalue weighted by Gasteiger charge is -2.33. The van der Waals surface area contributed by atoms with Gasteiger partial charge in [0.1, 0.15) is 5.69 Å². The van der Waals surface area contributed by atoms with Crippen LogP contribution in [-0.4, -0.2) is 61.2 Å². The zero-order chi connectivity index (χ0) is 22.6. The Morgan fingerprint density at radius 3 is 2.32 bits per heavy atom. The largest absolute Gasteiger partial charge is 0.319 e. The van der Waals surface area contributed by atoms with Gasteiger partial charge in [-0.1, -0.05) is 36.4 Å². The summed E-state index contributed by atoms with van der Waals surface area (Å²) in [6.07, 6.45) is 0. The van der Waals surface area contributed by atoms with E-state index in [2.05, 4.69) is 5.32 Å². The molecule has 1 saturated heterocycles. The van der Waals surface area contributed by atoms with E-state index in [1.54, 1.807) is 25.1 Å². The summed E-state index contributed by atoms with van der Waals surface area (Å²) < 4.78 is 26.8. The lowest BCUT2D eigenvalue weighted by molar-refractivity contribution is -0.384. The molecule has 0 aliphatic carbocycles. The van der Waals surface area contributed by atoms with Gasteiger partial charge in [0.2, 0.25) is 15.9 Å². The van der Waals surface area contributed by atoms with E-state index >= 15 is 0 Å². The third kappa shape index (κ3) is 5.66. The number of hydrogen-bond donors (Lipinski definition) is 1. The van der Waals surface area contributed by atoms with E-state index in [9.17, 15) is 23.3 Å². The maximum atomic E-state index is 12.7. The second-order valence-corrected chi connectivity index (χ2v) is 9.59. The molecule has 1 N–H and O–H groups in total. The Labute approximate surface area is 181 Å². The molecule has 10 heteroatoms. The molecule has 2 aromatic carbocycles. The number of nitro benzene ring substituents is 1. The number of sulfonamides is 1. The van der Waals surface area contributed by atoms with Crippen molar-refractivity contribution in [2.24, 2.45) is 0 Å². The van der Waals surface area contributed by atoms with Crippen LogP contribution in [0.2, 0.25) is 0 Å². The minimum atomic E-state index is -3.43. The van der Waals surface area contributed by atoms with Gasteiger partial charge in [0.15, 0.2) is 0 Å². The predicted octanol–water partition coefficient (Wildman–Crippen LogP) is 2.30. The van der Waals surface area contributed by atoms with Crippen LogP contribution in [0.4, 0.5) is 11.4 Å². The quantitative estimate of drug-likeness (QED) is 0.516. The van der Waals surface area contributed by atoms with Crippen molar-refractivity contribution in [3.8, 4) is 0 Å². The Hall–Kier alpha value is -2.82. The van der Waals surface area contributed by atoms with Gasteiger partial charge in [-0.2, -0.15) is 4.31 Å². The first-order valence-electron chi connectivity index (χ1n) is 9.96. The second-order valence-electron chi connectivity index (χ2n) is 7.62. The van der Waals surface area contributed by atoms with Crippen molar-refractivity contribution >= 4 is 27.3 Å². The number of benzene rings is 2. The summed E-state index contributed by atoms with van der Waals surface area (Å²) in [6, 6.07) is 12.1. The fraction of sp³-hybridized carbons (Fsp3) is 0.381. The molecular weight excluding hydrogens is 420 g/mol. The molecule has 0 bridgehead atoms. The molecule has 166 valence electrons. The van der Waals surface area contributed by atoms with E-state index in [0.29, 0.717) is 31.7 Å². The van der Waals surface area contributed by atoms with Gasteiger partial charge in [-0.3, -0.25) is 19.8 Å². The maximum absolute atomic E-state index is 12.7. The molecule has 0 atom stereocenters. The van der Waals surface area contributed by atoms with Crippen LogP contribution in [0.3, 0.4) is 0 Å². The van der Waals surface area contributed by atoms with Crippen LogP contribution in [-0.2, 0) is 20.6 Å². The average Bonchev–Trinajstić information content (AvgIpc) is 2.72. The van der Waals surface area contributed by atoms with Crippen molar-refractivity contribution in [2.45, 2.75) is 19.6 Å². The first kappa shape index (κ1) is 22.9. The van der Waals surface area contributed by atoms with Crippen LogP contribution < -0.4 is 5.32 Å². The predicted molar refractivity (Wildman–Crippen MR) is 118 cm³/mol. The Kier molecular flexibility index (Phi) is 7.04. The number of hydrogen-bond acceptors (Lipinski definition) is 6. The molecule has 0 spiro atoms. The van der Waals surface area contributed by atoms with Crippen molar-refractivity contribution < 1.29 is 18.1 Å². The standard InChI is InChI=1S/C21H26N4O5S/c1-16-8-9-19(25(27)28)21(17(16)2)22-20(26)14-23-10-12-24(13-11-23)31(29,30)15-18-6-4-3-5-7-18/h3-9H,10-15H2,1-2H3,(H,22,26). The average molecular weight is 447 g/mol. The van der Waals surface area contributed by atoms with Crippen molar-refractivity contribution in [1.82, 2.24) is 9.21 Å². The zero-order valence-electron chi connectivity index (χ0n) is 17.6. The number of anilines is 1. The smallest absolute Gasteiger partial charge is 0.293 e. The summed E-state index contributed by atoms with van der Waals surface area (Å²) in [6.45, 7) is 5.01. The van der Waals surface area contributed by atoms with Gasteiger partial charge in [0, 0.05) is 32.2 Å². The summed E-state index contributed by atoms with van der Waals surface area (Å²) in [5.74, 6) is -0.414. The summed E-state index contributed by atoms with van der Waals surface area (Å²) in [5, 5.41) is 14.0. The molecule has 0 unspecified atom stereocenters. The molecule has 1 amide bonds. The fourth-order valence-electron chi connectivity index (χ4n) is 3.54. The molecule has 0 radical (unpaired) electrons. The van der Waals surface area contributed by atoms with Crippen LogP contribution >= 0.6 is 0 Å². The number of carbonyl (C=O) groups is 1. The van der Waals surface area contributed by atoms with Crippen molar-refractivity contribution in [3.63, 3.8) is 0 Å². The molecule has 1 aliphatic rings. The Morgan fingerprint density at radius 2 is 1.71 bits per heavy atom. The van der Waals surface area contributed by atoms with Crippen molar-refractivity contribution in [2.75, 3.05) is 38.0 Å². The zero-order valence-corrected chi connectivity index (χ0v) is 18.4. The first-order valence-corrected chi connectivity index (χ1v) is 11.6. The lowest BCUT2D eigenvalue weighted by atomic mass is 10.1. The van der Waals surface area contributed by atoms with Gasteiger partial charge in [-0.25, -0.2) is 8.42 Å². The number of nitrogens with one attached hydrogen (secondary N) is 1. The molecule has 1 heterocycles. The van der Waals surface area contributed by atoms with Gasteiger partial charge in [-0.05, 0) is 30.5 Å². The molecule has 1 fully saturated rings. The Morgan fingerprint density at radius 1 is 1.06 bits per heavy atom. The van der Waals surface area contributed by atoms with E-state index in [0.717, 1.165) is 11.1 Å². The number of nitrogens with zero attached hydrogens (tertiary/aromatic N) is 3. The van der Waals surface area contributed by atoms with Crippen molar-refractivity contribution in [3.05, 3.63) is 69.3 Å². The van der Waals surface area contributed by atoms with E-state index in [1.807, 2.05) is 30.0 Å². The van der Waals surface area contributed by atoms with Gasteiger partial charge >= 0.3 is 0 Å². The van der Waals surface area contributed by atoms with Crippen LogP contribution in [0.25, 0.3) is 0 Å². The molecule has 9 nitrogen and oxygen atoms in total. The highest BCUT2D eigenvalue weighted by Gasteiger charge is 2.28. The van der Waals surface area contributed by atoms with Gasteiger partial charge in [0.05, 0.1) is 17.2 Å². The molecular formula is C21H26N4O5S. The molecule has 0 saturated carbocycles. The number of carbonyl (C=O) groups excluding carboxylic acids is 1. The summed E-state index contributed by atoms with van der Waals surface area (Å²) in [4.78, 5) is 25.2. The summed E-state index contributed by atoms with van der Waals surface area (Å²) >= 11 is 0. The fourth-order valence-corrected chi connectivity index (χ4v) is 5.05. The number of amides is 1. The van der Waals surface area contributed by atoms with Crippen LogP contribution in [0, 0.1) is 24.0 Å². The van der Waals surface area contributed by atoms with E-state index in [-0.39, 0.29) is 29.6 Å². The lowest BCUT2D eigenvalue weighted by Crippen LogP contribution is -2.50. The van der Waals surface area contributed by atoms with E-state index in [4.69, 9.17) is 0 Å². The highest BCUT2D eigenvalue weighted by atomic mass is 32.2. The maximum Gasteiger partial charge on any atom is 0.293 e. The topological polar surface area (TPSA) is 113 Å². The SMILES string of the molecule is Cc1ccc([N+](=O)[O-])c(NC(=O)CN2CCN(S(=O)(=O)Cc3ccccc3)CC2)c1C. The van der Waals surface area contributed by atoms with E-state index < -0.39 is 14.9 Å². The molecule has 3 rings (SSSR count). The Balaban J connectivity index is 1.57. The summed E-state index contributed by atoms with van der Waals surface area (Å²) in [7, 11) is -3.43. The van der Waals surface area contributed by atoms with Crippen LogP contribution in [0.1, 0.15) is 16.7 Å². The van der Waals surface area contributed by atoms with Gasteiger partial charge in [-0.15, -0.1) is 0 Å². The van der Waals surface area contributed by atoms with Crippen LogP contribution in [0.5, 0.6) is 0 Å². The normalized spacial score (nSPS) is 15.5. The van der Waals surface area contributed by atoms with Gasteiger partial charge < -0.3 is 5.32 Å². The third-order valence-corrected chi connectivity index (χ3v) is 7.31. The number of piperazine rings is 1. The molecule has 0 aromatic heterocycles. The number of rotatable bonds is 7. The number of aryl methyl sites for hydroxylation is 1. The first-order chi connectivity index (χ1) is 14.7. The highest BCUT2D eigenvalue weighted by molar-refractivity contribution is 7.88. The summed E-state index contributed by atoms with van der Waals surface area (Å²) in [5.41, 5.74) is 2.30. The van der Waals surface area contributed by atoms with Crippen LogP contribution in [0.15, 0.2) is 42.5 Å². The highest BCUT2D eigenvalue weighted by Crippen LogP contribution is 2.30. The molecule has 1 aliphatic heterocycles. The number of nitro groups is 1. The molecule has 31 heavy (non-hydrogen) atoms.